The van der Waals surface area contributed by atoms with E-state index in [-0.39, 0.29) is 10.8 Å². The molecular formula is C19H23N3O3S. The molecule has 3 rings (SSSR count). The van der Waals surface area contributed by atoms with Gasteiger partial charge < -0.3 is 10.6 Å². The van der Waals surface area contributed by atoms with E-state index in [9.17, 15) is 13.2 Å². The molecule has 0 saturated carbocycles. The van der Waals surface area contributed by atoms with Crippen LogP contribution < -0.4 is 15.4 Å². The van der Waals surface area contributed by atoms with Crippen molar-refractivity contribution in [2.45, 2.75) is 38.8 Å². The van der Waals surface area contributed by atoms with E-state index in [1.54, 1.807) is 36.4 Å². The highest BCUT2D eigenvalue weighted by Gasteiger charge is 2.21. The van der Waals surface area contributed by atoms with Gasteiger partial charge >= 0.3 is 0 Å². The maximum Gasteiger partial charge on any atom is 0.261 e. The highest BCUT2D eigenvalue weighted by molar-refractivity contribution is 7.92. The fourth-order valence-electron chi connectivity index (χ4n) is 2.59. The summed E-state index contributed by atoms with van der Waals surface area (Å²) >= 11 is 0. The Bertz CT molecular complexity index is 929. The van der Waals surface area contributed by atoms with Gasteiger partial charge in [-0.2, -0.15) is 0 Å². The summed E-state index contributed by atoms with van der Waals surface area (Å²) in [6.45, 7) is 6.94. The fraction of sp³-hybridized carbons (Fsp3) is 0.316. The first kappa shape index (κ1) is 18.4. The summed E-state index contributed by atoms with van der Waals surface area (Å²) in [4.78, 5) is 12.2. The van der Waals surface area contributed by atoms with Crippen molar-refractivity contribution in [3.05, 3.63) is 53.6 Å². The Kier molecular flexibility index (Phi) is 4.77. The lowest BCUT2D eigenvalue weighted by Crippen LogP contribution is -2.27. The van der Waals surface area contributed by atoms with Gasteiger partial charge in [-0.05, 0) is 47.5 Å². The van der Waals surface area contributed by atoms with Gasteiger partial charge in [0, 0.05) is 29.9 Å². The van der Waals surface area contributed by atoms with Gasteiger partial charge in [-0.25, -0.2) is 8.42 Å². The number of carbonyl (C=O) groups excluding carboxylic acids is 1. The van der Waals surface area contributed by atoms with Crippen LogP contribution in [0.1, 0.15) is 31.9 Å². The van der Waals surface area contributed by atoms with Crippen LogP contribution in [0.15, 0.2) is 47.4 Å². The quantitative estimate of drug-likeness (QED) is 0.769. The average Bonchev–Trinajstić information content (AvgIpc) is 3.03. The number of nitrogens with one attached hydrogen (secondary N) is 3. The molecule has 1 amide bonds. The molecule has 1 aliphatic rings. The van der Waals surface area contributed by atoms with Crippen LogP contribution in [0.5, 0.6) is 0 Å². The molecule has 7 heteroatoms. The third-order valence-electron chi connectivity index (χ3n) is 4.20. The van der Waals surface area contributed by atoms with Crippen LogP contribution in [0.3, 0.4) is 0 Å². The second-order valence-corrected chi connectivity index (χ2v) is 9.10. The minimum atomic E-state index is -3.66. The lowest BCUT2D eigenvalue weighted by Gasteiger charge is -2.17. The van der Waals surface area contributed by atoms with Crippen LogP contribution in [0.25, 0.3) is 0 Å². The molecule has 2 aromatic carbocycles. The predicted molar refractivity (Wildman–Crippen MR) is 102 cm³/mol. The molecule has 26 heavy (non-hydrogen) atoms. The number of amides is 1. The minimum absolute atomic E-state index is 0.0995. The van der Waals surface area contributed by atoms with Crippen molar-refractivity contribution in [1.82, 2.24) is 5.32 Å². The van der Waals surface area contributed by atoms with Gasteiger partial charge in [0.1, 0.15) is 0 Å². The Hall–Kier alpha value is -2.38. The van der Waals surface area contributed by atoms with Crippen LogP contribution in [-0.2, 0) is 27.9 Å². The van der Waals surface area contributed by atoms with Crippen molar-refractivity contribution in [3.63, 3.8) is 0 Å². The van der Waals surface area contributed by atoms with Crippen molar-refractivity contribution in [1.29, 1.82) is 0 Å². The molecule has 0 fully saturated rings. The molecule has 6 nitrogen and oxygen atoms in total. The summed E-state index contributed by atoms with van der Waals surface area (Å²) in [5, 5.41) is 6.01. The van der Waals surface area contributed by atoms with E-state index in [2.05, 4.69) is 15.4 Å². The standard InChI is InChI=1S/C19H23N3O3S/c1-19(2,3)18(23)21-15-5-7-16(8-6-15)22-26(24,25)17-9-4-13-11-20-12-14(13)10-17/h4-10,20,22H,11-12H2,1-3H3,(H,21,23). The number of fused-ring (bicyclic) bond motifs is 1. The minimum Gasteiger partial charge on any atom is -0.326 e. The van der Waals surface area contributed by atoms with Crippen molar-refractivity contribution in [2.24, 2.45) is 5.41 Å². The number of sulfonamides is 1. The molecule has 138 valence electrons. The summed E-state index contributed by atoms with van der Waals surface area (Å²) < 4.78 is 27.8. The molecule has 1 aliphatic heterocycles. The third-order valence-corrected chi connectivity index (χ3v) is 5.57. The Balaban J connectivity index is 1.73. The zero-order valence-electron chi connectivity index (χ0n) is 15.1. The Morgan fingerprint density at radius 2 is 1.58 bits per heavy atom. The molecule has 0 saturated heterocycles. The van der Waals surface area contributed by atoms with E-state index >= 15 is 0 Å². The number of hydrogen-bond acceptors (Lipinski definition) is 4. The smallest absolute Gasteiger partial charge is 0.261 e. The summed E-state index contributed by atoms with van der Waals surface area (Å²) in [5.74, 6) is -0.0995. The fourth-order valence-corrected chi connectivity index (χ4v) is 3.70. The molecule has 1 heterocycles. The SMILES string of the molecule is CC(C)(C)C(=O)Nc1ccc(NS(=O)(=O)c2ccc3c(c2)CNC3)cc1. The molecule has 0 bridgehead atoms. The van der Waals surface area contributed by atoms with Gasteiger partial charge in [0.25, 0.3) is 10.0 Å². The molecule has 0 aliphatic carbocycles. The largest absolute Gasteiger partial charge is 0.326 e. The van der Waals surface area contributed by atoms with E-state index in [4.69, 9.17) is 0 Å². The van der Waals surface area contributed by atoms with Crippen LogP contribution >= 0.6 is 0 Å². The van der Waals surface area contributed by atoms with Gasteiger partial charge in [0.2, 0.25) is 5.91 Å². The first-order valence-electron chi connectivity index (χ1n) is 8.42. The highest BCUT2D eigenvalue weighted by atomic mass is 32.2. The van der Waals surface area contributed by atoms with Crippen molar-refractivity contribution in [2.75, 3.05) is 10.0 Å². The summed E-state index contributed by atoms with van der Waals surface area (Å²) in [7, 11) is -3.66. The first-order valence-corrected chi connectivity index (χ1v) is 9.90. The normalized spacial score (nSPS) is 14.0. The third kappa shape index (κ3) is 4.05. The number of anilines is 2. The highest BCUT2D eigenvalue weighted by Crippen LogP contribution is 2.23. The Morgan fingerprint density at radius 1 is 0.962 bits per heavy atom. The van der Waals surface area contributed by atoms with Crippen molar-refractivity contribution in [3.8, 4) is 0 Å². The topological polar surface area (TPSA) is 87.3 Å². The van der Waals surface area contributed by atoms with E-state index < -0.39 is 15.4 Å². The second kappa shape index (κ2) is 6.74. The molecule has 2 aromatic rings. The molecule has 0 atom stereocenters. The van der Waals surface area contributed by atoms with E-state index in [0.29, 0.717) is 17.9 Å². The predicted octanol–water partition coefficient (Wildman–Crippen LogP) is 3.08. The molecule has 0 aromatic heterocycles. The number of rotatable bonds is 4. The second-order valence-electron chi connectivity index (χ2n) is 7.42. The maximum atomic E-state index is 12.6. The van der Waals surface area contributed by atoms with Crippen LogP contribution in [-0.4, -0.2) is 14.3 Å². The first-order chi connectivity index (χ1) is 12.1. The van der Waals surface area contributed by atoms with E-state index in [1.165, 1.54) is 0 Å². The molecule has 0 spiro atoms. The summed E-state index contributed by atoms with van der Waals surface area (Å²) in [5.41, 5.74) is 2.70. The number of hydrogen-bond donors (Lipinski definition) is 3. The Labute approximate surface area is 154 Å². The zero-order chi connectivity index (χ0) is 18.9. The lowest BCUT2D eigenvalue weighted by molar-refractivity contribution is -0.123. The van der Waals surface area contributed by atoms with Crippen molar-refractivity contribution < 1.29 is 13.2 Å². The number of carbonyl (C=O) groups is 1. The van der Waals surface area contributed by atoms with E-state index in [1.807, 2.05) is 26.8 Å². The molecule has 3 N–H and O–H groups in total. The van der Waals surface area contributed by atoms with Gasteiger partial charge in [-0.15, -0.1) is 0 Å². The lowest BCUT2D eigenvalue weighted by atomic mass is 9.95. The van der Waals surface area contributed by atoms with Crippen LogP contribution in [0.2, 0.25) is 0 Å². The molecule has 0 unspecified atom stereocenters. The van der Waals surface area contributed by atoms with E-state index in [0.717, 1.165) is 17.7 Å². The summed E-state index contributed by atoms with van der Waals surface area (Å²) in [6.07, 6.45) is 0. The number of benzene rings is 2. The van der Waals surface area contributed by atoms with Gasteiger partial charge in [0.15, 0.2) is 0 Å². The van der Waals surface area contributed by atoms with Gasteiger partial charge in [0.05, 0.1) is 4.90 Å². The average molecular weight is 373 g/mol. The maximum absolute atomic E-state index is 12.6. The zero-order valence-corrected chi connectivity index (χ0v) is 15.9. The van der Waals surface area contributed by atoms with Crippen LogP contribution in [0, 0.1) is 5.41 Å². The molecular weight excluding hydrogens is 350 g/mol. The molecule has 0 radical (unpaired) electrons. The Morgan fingerprint density at radius 3 is 2.23 bits per heavy atom. The van der Waals surface area contributed by atoms with Crippen molar-refractivity contribution >= 4 is 27.3 Å². The van der Waals surface area contributed by atoms with Gasteiger partial charge in [-0.1, -0.05) is 26.8 Å². The monoisotopic (exact) mass is 373 g/mol. The van der Waals surface area contributed by atoms with Gasteiger partial charge in [-0.3, -0.25) is 9.52 Å². The summed E-state index contributed by atoms with van der Waals surface area (Å²) in [6, 6.07) is 11.8. The van der Waals surface area contributed by atoms with Crippen LogP contribution in [0.4, 0.5) is 11.4 Å².